The van der Waals surface area contributed by atoms with Gasteiger partial charge in [0.15, 0.2) is 30.7 Å². The van der Waals surface area contributed by atoms with E-state index in [1.807, 2.05) is 0 Å². The molecule has 1 rings (SSSR count). The van der Waals surface area contributed by atoms with Crippen LogP contribution in [0.5, 0.6) is 0 Å². The number of carbonyl (C=O) groups excluding carboxylic acids is 3. The van der Waals surface area contributed by atoms with Crippen LogP contribution in [0.4, 0.5) is 0 Å². The van der Waals surface area contributed by atoms with E-state index in [0.717, 1.165) is 20.8 Å². The van der Waals surface area contributed by atoms with Crippen LogP contribution in [0.2, 0.25) is 0 Å². The summed E-state index contributed by atoms with van der Waals surface area (Å²) >= 11 is 0. The van der Waals surface area contributed by atoms with Crippen LogP contribution < -0.4 is 0 Å². The van der Waals surface area contributed by atoms with Crippen molar-refractivity contribution in [3.8, 4) is 0 Å². The van der Waals surface area contributed by atoms with E-state index in [1.54, 1.807) is 0 Å². The molecule has 5 unspecified atom stereocenters. The van der Waals surface area contributed by atoms with Crippen molar-refractivity contribution in [3.63, 3.8) is 0 Å². The quantitative estimate of drug-likeness (QED) is 0.265. The predicted octanol–water partition coefficient (Wildman–Crippen LogP) is -0.570. The van der Waals surface area contributed by atoms with Crippen molar-refractivity contribution in [2.45, 2.75) is 51.5 Å². The molecule has 0 spiro atoms. The maximum Gasteiger partial charge on any atom is 0.303 e. The van der Waals surface area contributed by atoms with E-state index in [1.165, 1.54) is 7.11 Å². The second kappa shape index (κ2) is 8.55. The minimum Gasteiger partial charge on any atom is -0.455 e. The fourth-order valence-corrected chi connectivity index (χ4v) is 2.34. The van der Waals surface area contributed by atoms with Gasteiger partial charge >= 0.3 is 17.9 Å². The highest BCUT2D eigenvalue weighted by Gasteiger charge is 2.53. The first-order valence-corrected chi connectivity index (χ1v) is 6.97. The monoisotopic (exact) mass is 349 g/mol. The molecular formula is C13H19NO10. The average molecular weight is 349 g/mol. The van der Waals surface area contributed by atoms with Gasteiger partial charge < -0.3 is 23.7 Å². The third-order valence-corrected chi connectivity index (χ3v) is 3.06. The zero-order valence-electron chi connectivity index (χ0n) is 13.6. The molecule has 0 bridgehead atoms. The van der Waals surface area contributed by atoms with E-state index in [9.17, 15) is 24.5 Å². The summed E-state index contributed by atoms with van der Waals surface area (Å²) in [5.41, 5.74) is 0. The third kappa shape index (κ3) is 5.42. The number of nitrogens with zero attached hydrogens (tertiary/aromatic N) is 1. The van der Waals surface area contributed by atoms with Gasteiger partial charge in [0.05, 0.1) is 0 Å². The van der Waals surface area contributed by atoms with Gasteiger partial charge in [-0.05, 0) is 0 Å². The fraction of sp³-hybridized carbons (Fsp3) is 0.769. The molecule has 5 atom stereocenters. The van der Waals surface area contributed by atoms with Gasteiger partial charge in [0, 0.05) is 32.8 Å². The molecule has 0 aromatic carbocycles. The van der Waals surface area contributed by atoms with E-state index in [2.05, 4.69) is 0 Å². The van der Waals surface area contributed by atoms with Gasteiger partial charge in [-0.15, -0.1) is 0 Å². The maximum atomic E-state index is 11.4. The van der Waals surface area contributed by atoms with E-state index in [4.69, 9.17) is 23.7 Å². The summed E-state index contributed by atoms with van der Waals surface area (Å²) in [6.07, 6.45) is -6.42. The number of ether oxygens (including phenoxy) is 5. The lowest BCUT2D eigenvalue weighted by Crippen LogP contribution is -2.63. The van der Waals surface area contributed by atoms with Crippen molar-refractivity contribution in [1.29, 1.82) is 0 Å². The maximum absolute atomic E-state index is 11.4. The number of hydrogen-bond acceptors (Lipinski definition) is 10. The van der Waals surface area contributed by atoms with Crippen molar-refractivity contribution < 1.29 is 43.0 Å². The Morgan fingerprint density at radius 1 is 0.958 bits per heavy atom. The van der Waals surface area contributed by atoms with Crippen molar-refractivity contribution in [1.82, 2.24) is 0 Å². The van der Waals surface area contributed by atoms with Gasteiger partial charge in [-0.1, -0.05) is 0 Å². The Morgan fingerprint density at radius 2 is 1.42 bits per heavy atom. The molecule has 0 amide bonds. The van der Waals surface area contributed by atoms with Crippen LogP contribution in [0, 0.1) is 10.1 Å². The summed E-state index contributed by atoms with van der Waals surface area (Å²) in [5, 5.41) is 10.8. The van der Waals surface area contributed by atoms with Crippen molar-refractivity contribution in [2.75, 3.05) is 13.7 Å². The van der Waals surface area contributed by atoms with Crippen LogP contribution in [0.25, 0.3) is 0 Å². The van der Waals surface area contributed by atoms with Crippen molar-refractivity contribution >= 4 is 17.9 Å². The number of hydrogen-bond donors (Lipinski definition) is 0. The number of rotatable bonds is 6. The lowest BCUT2D eigenvalue weighted by molar-refractivity contribution is -0.501. The summed E-state index contributed by atoms with van der Waals surface area (Å²) in [4.78, 5) is 44.2. The first-order chi connectivity index (χ1) is 11.1. The van der Waals surface area contributed by atoms with Crippen LogP contribution in [0.1, 0.15) is 20.8 Å². The van der Waals surface area contributed by atoms with Crippen LogP contribution >= 0.6 is 0 Å². The minimum absolute atomic E-state index is 0.676. The van der Waals surface area contributed by atoms with Gasteiger partial charge in [0.25, 0.3) is 0 Å². The van der Waals surface area contributed by atoms with Gasteiger partial charge in [-0.25, -0.2) is 0 Å². The summed E-state index contributed by atoms with van der Waals surface area (Å²) in [6, 6.07) is 0. The number of carbonyl (C=O) groups is 3. The normalized spacial score (nSPS) is 29.4. The topological polar surface area (TPSA) is 141 Å². The minimum atomic E-state index is -1.34. The van der Waals surface area contributed by atoms with Crippen LogP contribution in [-0.4, -0.2) is 67.2 Å². The molecule has 1 saturated heterocycles. The molecule has 1 aliphatic heterocycles. The molecule has 0 aromatic heterocycles. The van der Waals surface area contributed by atoms with Gasteiger partial charge in [0.2, 0.25) is 6.54 Å². The molecule has 1 aliphatic rings. The van der Waals surface area contributed by atoms with E-state index >= 15 is 0 Å². The molecule has 0 N–H and O–H groups in total. The largest absolute Gasteiger partial charge is 0.455 e. The fourth-order valence-electron chi connectivity index (χ4n) is 2.34. The number of esters is 3. The van der Waals surface area contributed by atoms with Crippen molar-refractivity contribution in [2.24, 2.45) is 0 Å². The molecule has 0 saturated carbocycles. The lowest BCUT2D eigenvalue weighted by Gasteiger charge is -2.42. The highest BCUT2D eigenvalue weighted by Crippen LogP contribution is 2.29. The van der Waals surface area contributed by atoms with E-state index in [-0.39, 0.29) is 0 Å². The smallest absolute Gasteiger partial charge is 0.303 e. The molecule has 0 radical (unpaired) electrons. The van der Waals surface area contributed by atoms with Crippen LogP contribution in [0.15, 0.2) is 0 Å². The highest BCUT2D eigenvalue weighted by molar-refractivity contribution is 5.68. The summed E-state index contributed by atoms with van der Waals surface area (Å²) in [6.45, 7) is 2.55. The Balaban J connectivity index is 3.23. The molecule has 11 heteroatoms. The number of methoxy groups -OCH3 is 1. The van der Waals surface area contributed by atoms with E-state index < -0.39 is 60.1 Å². The Bertz CT molecular complexity index is 507. The third-order valence-electron chi connectivity index (χ3n) is 3.06. The first kappa shape index (κ1) is 19.8. The first-order valence-electron chi connectivity index (χ1n) is 6.97. The average Bonchev–Trinajstić information content (AvgIpc) is 2.42. The zero-order valence-corrected chi connectivity index (χ0v) is 13.6. The van der Waals surface area contributed by atoms with Gasteiger partial charge in [-0.3, -0.25) is 24.5 Å². The molecule has 0 aliphatic carbocycles. The van der Waals surface area contributed by atoms with Crippen LogP contribution in [-0.2, 0) is 38.1 Å². The molecule has 1 fully saturated rings. The van der Waals surface area contributed by atoms with E-state index in [0.29, 0.717) is 0 Å². The van der Waals surface area contributed by atoms with Gasteiger partial charge in [-0.2, -0.15) is 0 Å². The van der Waals surface area contributed by atoms with Crippen LogP contribution in [0.3, 0.4) is 0 Å². The van der Waals surface area contributed by atoms with Gasteiger partial charge in [0.1, 0.15) is 0 Å². The summed E-state index contributed by atoms with van der Waals surface area (Å²) < 4.78 is 25.6. The molecular weight excluding hydrogens is 330 g/mol. The second-order valence-corrected chi connectivity index (χ2v) is 5.02. The highest BCUT2D eigenvalue weighted by atomic mass is 16.7. The SMILES string of the molecule is COC1OC(C[N+](=O)[O-])C(OC(C)=O)C(OC(C)=O)C1OC(C)=O. The predicted molar refractivity (Wildman–Crippen MR) is 74.2 cm³/mol. The molecule has 24 heavy (non-hydrogen) atoms. The Labute approximate surface area is 137 Å². The molecule has 136 valence electrons. The Hall–Kier alpha value is -2.27. The second-order valence-electron chi connectivity index (χ2n) is 5.02. The zero-order chi connectivity index (χ0) is 18.4. The number of nitro groups is 1. The molecule has 1 heterocycles. The molecule has 0 aromatic rings. The van der Waals surface area contributed by atoms with Crippen molar-refractivity contribution in [3.05, 3.63) is 10.1 Å². The molecule has 11 nitrogen and oxygen atoms in total. The Kier molecular flexibility index (Phi) is 7.04. The standard InChI is InChI=1S/C13H19NO10/c1-6(15)21-10-9(5-14(18)19)24-13(20-4)12(23-8(3)17)11(10)22-7(2)16/h9-13H,5H2,1-4H3. The summed E-state index contributed by atoms with van der Waals surface area (Å²) in [7, 11) is 1.22. The summed E-state index contributed by atoms with van der Waals surface area (Å²) in [5.74, 6) is -2.26. The lowest BCUT2D eigenvalue weighted by atomic mass is 9.97. The Morgan fingerprint density at radius 3 is 1.83 bits per heavy atom.